The van der Waals surface area contributed by atoms with Crippen molar-refractivity contribution in [3.63, 3.8) is 0 Å². The Kier molecular flexibility index (Phi) is 4.97. The molecule has 0 N–H and O–H groups in total. The van der Waals surface area contributed by atoms with Gasteiger partial charge in [-0.15, -0.1) is 0 Å². The molecule has 0 fully saturated rings. The van der Waals surface area contributed by atoms with Gasteiger partial charge in [0.05, 0.1) is 28.4 Å². The zero-order valence-electron chi connectivity index (χ0n) is 24.9. The van der Waals surface area contributed by atoms with Gasteiger partial charge >= 0.3 is 0 Å². The van der Waals surface area contributed by atoms with Gasteiger partial charge in [-0.3, -0.25) is 4.21 Å². The zero-order valence-corrected chi connectivity index (χ0v) is 25.7. The van der Waals surface area contributed by atoms with E-state index in [1.165, 1.54) is 0 Å². The average Bonchev–Trinajstić information content (AvgIpc) is 3.52. The van der Waals surface area contributed by atoms with Crippen LogP contribution in [0.3, 0.4) is 0 Å². The summed E-state index contributed by atoms with van der Waals surface area (Å²) in [5, 5.41) is 0. The maximum absolute atomic E-state index is 17.0. The smallest absolute Gasteiger partial charge is 0.0703 e. The minimum absolute atomic E-state index is 0.883. The molecule has 0 aromatic heterocycles. The number of benzene rings is 7. The first kappa shape index (κ1) is 25.6. The second-order valence-electron chi connectivity index (χ2n) is 12.1. The summed E-state index contributed by atoms with van der Waals surface area (Å²) in [6, 6.07) is 59.1. The highest BCUT2D eigenvalue weighted by Gasteiger charge is 2.58. The van der Waals surface area contributed by atoms with Crippen LogP contribution in [0.1, 0.15) is 0 Å². The van der Waals surface area contributed by atoms with E-state index in [0.717, 1.165) is 76.0 Å². The molecular formula is C42H28N2OS. The van der Waals surface area contributed by atoms with E-state index in [1.54, 1.807) is 0 Å². The van der Waals surface area contributed by atoms with Crippen molar-refractivity contribution in [3.05, 3.63) is 170 Å². The monoisotopic (exact) mass is 608 g/mol. The van der Waals surface area contributed by atoms with E-state index >= 15 is 4.21 Å². The highest BCUT2D eigenvalue weighted by Crippen LogP contribution is 2.72. The van der Waals surface area contributed by atoms with Crippen molar-refractivity contribution in [1.29, 1.82) is 0 Å². The van der Waals surface area contributed by atoms with Crippen molar-refractivity contribution < 1.29 is 4.21 Å². The largest absolute Gasteiger partial charge is 0.306 e. The average molecular weight is 609 g/mol. The van der Waals surface area contributed by atoms with E-state index < -0.39 is 9.07 Å². The highest BCUT2D eigenvalue weighted by molar-refractivity contribution is 8.21. The van der Waals surface area contributed by atoms with E-state index in [2.05, 4.69) is 161 Å². The third-order valence-corrected chi connectivity index (χ3v) is 14.7. The molecule has 218 valence electrons. The van der Waals surface area contributed by atoms with Gasteiger partial charge in [0, 0.05) is 45.5 Å². The molecule has 10 rings (SSSR count). The van der Waals surface area contributed by atoms with E-state index in [9.17, 15) is 0 Å². The van der Waals surface area contributed by atoms with Crippen molar-refractivity contribution >= 4 is 43.2 Å². The molecule has 7 aromatic rings. The van der Waals surface area contributed by atoms with Gasteiger partial charge in [0.2, 0.25) is 0 Å². The van der Waals surface area contributed by atoms with Crippen LogP contribution in [-0.2, 0) is 9.07 Å². The molecule has 0 aliphatic carbocycles. The highest BCUT2D eigenvalue weighted by atomic mass is 32.3. The van der Waals surface area contributed by atoms with Crippen LogP contribution in [0.2, 0.25) is 0 Å². The molecule has 0 radical (unpaired) electrons. The molecule has 0 saturated heterocycles. The molecule has 3 aliphatic heterocycles. The number of nitrogens with zero attached hydrogens (tertiary/aromatic N) is 2. The summed E-state index contributed by atoms with van der Waals surface area (Å²) in [5.74, 6) is 0. The Morgan fingerprint density at radius 2 is 0.717 bits per heavy atom. The van der Waals surface area contributed by atoms with Gasteiger partial charge in [0.25, 0.3) is 0 Å². The first-order valence-corrected chi connectivity index (χ1v) is 17.6. The molecule has 3 nitrogen and oxygen atoms in total. The number of hydrogen-bond acceptors (Lipinski definition) is 3. The fraction of sp³-hybridized carbons (Fsp3) is 0. The summed E-state index contributed by atoms with van der Waals surface area (Å²) >= 11 is 0. The molecule has 0 bridgehead atoms. The predicted molar refractivity (Wildman–Crippen MR) is 188 cm³/mol. The summed E-state index contributed by atoms with van der Waals surface area (Å²) < 4.78 is 17.0. The van der Waals surface area contributed by atoms with Gasteiger partial charge in [-0.05, 0) is 77.9 Å². The van der Waals surface area contributed by atoms with Crippen LogP contribution in [-0.4, -0.2) is 4.21 Å². The number of hydrogen-bond donors (Lipinski definition) is 0. The summed E-state index contributed by atoms with van der Waals surface area (Å²) in [6.45, 7) is 0. The summed E-state index contributed by atoms with van der Waals surface area (Å²) in [7, 11) is -3.95. The van der Waals surface area contributed by atoms with Crippen LogP contribution in [0.4, 0.5) is 34.1 Å². The van der Waals surface area contributed by atoms with E-state index in [-0.39, 0.29) is 0 Å². The molecule has 0 unspecified atom stereocenters. The summed E-state index contributed by atoms with van der Waals surface area (Å²) in [4.78, 5) is 8.29. The maximum Gasteiger partial charge on any atom is 0.0703 e. The molecule has 3 aliphatic rings. The first-order valence-electron chi connectivity index (χ1n) is 15.6. The fourth-order valence-electron chi connectivity index (χ4n) is 8.14. The third-order valence-electron chi connectivity index (χ3n) is 9.89. The van der Waals surface area contributed by atoms with Gasteiger partial charge < -0.3 is 9.80 Å². The first-order chi connectivity index (χ1) is 22.7. The van der Waals surface area contributed by atoms with Crippen LogP contribution in [0.5, 0.6) is 0 Å². The predicted octanol–water partition coefficient (Wildman–Crippen LogP) is 11.3. The van der Waals surface area contributed by atoms with Gasteiger partial charge in [-0.2, -0.15) is 0 Å². The quantitative estimate of drug-likeness (QED) is 0.195. The molecule has 0 atom stereocenters. The minimum atomic E-state index is -3.95. The Hall–Kier alpha value is -5.71. The maximum atomic E-state index is 17.0. The molecule has 0 amide bonds. The van der Waals surface area contributed by atoms with Crippen molar-refractivity contribution in [2.75, 3.05) is 9.80 Å². The molecule has 7 aromatic carbocycles. The molecule has 0 saturated carbocycles. The molecular weight excluding hydrogens is 581 g/mol. The van der Waals surface area contributed by atoms with E-state index in [1.807, 2.05) is 18.2 Å². The SMILES string of the molecule is O=S12(c3ccccc3-c3ccccc31)c1ccccc1-c1c(N3c4ccccc4N(c4ccccc4)c4ccccc43)cccc12. The second kappa shape index (κ2) is 8.94. The third kappa shape index (κ3) is 2.91. The van der Waals surface area contributed by atoms with Crippen LogP contribution in [0, 0.1) is 0 Å². The molecule has 1 spiro atoms. The summed E-state index contributed by atoms with van der Waals surface area (Å²) in [6.07, 6.45) is 0. The lowest BCUT2D eigenvalue weighted by Gasteiger charge is -2.41. The number of para-hydroxylation sites is 5. The minimum Gasteiger partial charge on any atom is -0.306 e. The topological polar surface area (TPSA) is 23.6 Å². The molecule has 4 heteroatoms. The van der Waals surface area contributed by atoms with Gasteiger partial charge in [0.15, 0.2) is 0 Å². The zero-order chi connectivity index (χ0) is 30.5. The van der Waals surface area contributed by atoms with Crippen molar-refractivity contribution in [2.24, 2.45) is 0 Å². The normalized spacial score (nSPS) is 16.3. The standard InChI is InChI=1S/C42H28N2OS/c45-46(38-25-11-4-17-30(38)31-18-5-12-26-39(31)46)40-27-13-6-19-32(40)42-37(24-14-28-41(42)46)44-35-22-9-7-20-33(35)43(29-15-2-1-3-16-29)34-21-8-10-23-36(34)44/h1-28H. The van der Waals surface area contributed by atoms with Crippen molar-refractivity contribution in [3.8, 4) is 22.3 Å². The second-order valence-corrected chi connectivity index (χ2v) is 15.7. The Balaban J connectivity index is 1.33. The Bertz CT molecular complexity index is 2370. The van der Waals surface area contributed by atoms with Crippen molar-refractivity contribution in [1.82, 2.24) is 0 Å². The lowest BCUT2D eigenvalue weighted by Crippen LogP contribution is -2.30. The number of fused-ring (bicyclic) bond motifs is 12. The van der Waals surface area contributed by atoms with Gasteiger partial charge in [-0.1, -0.05) is 103 Å². The van der Waals surface area contributed by atoms with Crippen LogP contribution in [0.25, 0.3) is 22.3 Å². The Labute approximate surface area is 268 Å². The van der Waals surface area contributed by atoms with Crippen LogP contribution < -0.4 is 9.80 Å². The molecule has 46 heavy (non-hydrogen) atoms. The Morgan fingerprint density at radius 3 is 1.28 bits per heavy atom. The lowest BCUT2D eigenvalue weighted by molar-refractivity contribution is 0.658. The van der Waals surface area contributed by atoms with Crippen LogP contribution >= 0.6 is 0 Å². The summed E-state index contributed by atoms with van der Waals surface area (Å²) in [5.41, 5.74) is 10.6. The van der Waals surface area contributed by atoms with E-state index in [0.29, 0.717) is 0 Å². The van der Waals surface area contributed by atoms with Crippen LogP contribution in [0.15, 0.2) is 189 Å². The van der Waals surface area contributed by atoms with Gasteiger partial charge in [0.1, 0.15) is 0 Å². The van der Waals surface area contributed by atoms with Gasteiger partial charge in [-0.25, -0.2) is 0 Å². The fourth-order valence-corrected chi connectivity index (χ4v) is 13.3. The number of anilines is 6. The number of rotatable bonds is 2. The molecule has 3 heterocycles. The Morgan fingerprint density at radius 1 is 0.326 bits per heavy atom. The van der Waals surface area contributed by atoms with Crippen molar-refractivity contribution in [2.45, 2.75) is 19.6 Å². The lowest BCUT2D eigenvalue weighted by atomic mass is 9.99. The van der Waals surface area contributed by atoms with E-state index in [4.69, 9.17) is 0 Å².